The Hall–Kier alpha value is -1.29. The van der Waals surface area contributed by atoms with Crippen molar-refractivity contribution in [2.45, 2.75) is 78.5 Å². The van der Waals surface area contributed by atoms with Crippen LogP contribution >= 0.6 is 15.9 Å². The van der Waals surface area contributed by atoms with Crippen molar-refractivity contribution in [2.24, 2.45) is 39.4 Å². The molecule has 3 saturated carbocycles. The van der Waals surface area contributed by atoms with E-state index >= 15 is 0 Å². The molecule has 0 saturated heterocycles. The lowest BCUT2D eigenvalue weighted by Crippen LogP contribution is -2.64. The summed E-state index contributed by atoms with van der Waals surface area (Å²) in [6, 6.07) is 0. The van der Waals surface area contributed by atoms with Crippen LogP contribution in [-0.4, -0.2) is 22.2 Å². The molecule has 0 radical (unpaired) electrons. The summed E-state index contributed by atoms with van der Waals surface area (Å²) >= 11 is 4.11. The third-order valence-corrected chi connectivity index (χ3v) is 12.1. The molecular weight excluding hydrogens is 464 g/mol. The SMILES string of the molecule is CC1CC2C(C)(CCC3(C)C4=CC=C5C(=CC(=O)C(=O)C5C)C4(C)C(Br)CC23C)CC1=O. The van der Waals surface area contributed by atoms with Crippen molar-refractivity contribution in [3.05, 3.63) is 34.9 Å². The number of rotatable bonds is 0. The molecule has 0 bridgehead atoms. The molecule has 5 aliphatic rings. The Labute approximate surface area is 200 Å². The van der Waals surface area contributed by atoms with Crippen molar-refractivity contribution in [3.63, 3.8) is 0 Å². The number of hydrogen-bond acceptors (Lipinski definition) is 3. The quantitative estimate of drug-likeness (QED) is 0.296. The highest BCUT2D eigenvalue weighted by atomic mass is 79.9. The first kappa shape index (κ1) is 22.5. The molecule has 0 heterocycles. The molecular formula is C28H35BrO3. The monoisotopic (exact) mass is 498 g/mol. The summed E-state index contributed by atoms with van der Waals surface area (Å²) in [7, 11) is 0. The van der Waals surface area contributed by atoms with Gasteiger partial charge >= 0.3 is 0 Å². The van der Waals surface area contributed by atoms with Crippen molar-refractivity contribution >= 4 is 33.3 Å². The highest BCUT2D eigenvalue weighted by Crippen LogP contribution is 2.75. The van der Waals surface area contributed by atoms with E-state index in [0.717, 1.165) is 36.8 Å². The summed E-state index contributed by atoms with van der Waals surface area (Å²) in [6.45, 7) is 13.5. The Morgan fingerprint density at radius 2 is 1.69 bits per heavy atom. The topological polar surface area (TPSA) is 51.2 Å². The average molecular weight is 499 g/mol. The first-order chi connectivity index (χ1) is 14.8. The lowest BCUT2D eigenvalue weighted by Gasteiger charge is -2.70. The fourth-order valence-corrected chi connectivity index (χ4v) is 9.66. The van der Waals surface area contributed by atoms with E-state index in [9.17, 15) is 14.4 Å². The molecule has 0 aromatic heterocycles. The van der Waals surface area contributed by atoms with E-state index in [0.29, 0.717) is 18.1 Å². The molecule has 8 atom stereocenters. The number of carbonyl (C=O) groups excluding carboxylic acids is 3. The maximum Gasteiger partial charge on any atom is 0.222 e. The highest BCUT2D eigenvalue weighted by Gasteiger charge is 2.68. The van der Waals surface area contributed by atoms with Crippen LogP contribution in [0, 0.1) is 39.4 Å². The van der Waals surface area contributed by atoms with Gasteiger partial charge < -0.3 is 0 Å². The summed E-state index contributed by atoms with van der Waals surface area (Å²) in [5.74, 6) is 0.0131. The van der Waals surface area contributed by atoms with E-state index in [1.54, 1.807) is 6.08 Å². The number of alkyl halides is 1. The third kappa shape index (κ3) is 2.51. The summed E-state index contributed by atoms with van der Waals surface area (Å²) in [4.78, 5) is 37.9. The van der Waals surface area contributed by atoms with Gasteiger partial charge in [-0.3, -0.25) is 14.4 Å². The van der Waals surface area contributed by atoms with Crippen LogP contribution in [0.5, 0.6) is 0 Å². The van der Waals surface area contributed by atoms with Crippen LogP contribution in [0.25, 0.3) is 0 Å². The van der Waals surface area contributed by atoms with Gasteiger partial charge in [-0.2, -0.15) is 0 Å². The minimum absolute atomic E-state index is 0.0209. The molecule has 0 aliphatic heterocycles. The van der Waals surface area contributed by atoms with Crippen LogP contribution < -0.4 is 0 Å². The van der Waals surface area contributed by atoms with Crippen molar-refractivity contribution in [1.82, 2.24) is 0 Å². The minimum atomic E-state index is -0.377. The van der Waals surface area contributed by atoms with E-state index in [-0.39, 0.29) is 49.9 Å². The van der Waals surface area contributed by atoms with Crippen LogP contribution in [-0.2, 0) is 14.4 Å². The summed E-state index contributed by atoms with van der Waals surface area (Å²) in [5.41, 5.74) is 3.24. The molecule has 0 spiro atoms. The summed E-state index contributed by atoms with van der Waals surface area (Å²) in [5, 5.41) is 0. The molecule has 0 aromatic rings. The van der Waals surface area contributed by atoms with Gasteiger partial charge in [0.05, 0.1) is 0 Å². The van der Waals surface area contributed by atoms with Crippen LogP contribution in [0.3, 0.4) is 0 Å². The molecule has 8 unspecified atom stereocenters. The van der Waals surface area contributed by atoms with Crippen molar-refractivity contribution in [2.75, 3.05) is 0 Å². The molecule has 5 rings (SSSR count). The fourth-order valence-electron chi connectivity index (χ4n) is 8.49. The first-order valence-electron chi connectivity index (χ1n) is 12.2. The maximum absolute atomic E-state index is 12.7. The number of ketones is 3. The Kier molecular flexibility index (Phi) is 4.67. The Morgan fingerprint density at radius 1 is 1.00 bits per heavy atom. The van der Waals surface area contributed by atoms with Crippen LogP contribution in [0.15, 0.2) is 34.9 Å². The smallest absolute Gasteiger partial charge is 0.222 e. The van der Waals surface area contributed by atoms with Crippen LogP contribution in [0.1, 0.15) is 73.6 Å². The molecule has 3 nitrogen and oxygen atoms in total. The van der Waals surface area contributed by atoms with E-state index in [1.807, 2.05) is 6.92 Å². The van der Waals surface area contributed by atoms with Crippen LogP contribution in [0.4, 0.5) is 0 Å². The summed E-state index contributed by atoms with van der Waals surface area (Å²) in [6.07, 6.45) is 10.8. The number of allylic oxidation sites excluding steroid dienone is 6. The van der Waals surface area contributed by atoms with Gasteiger partial charge in [0.2, 0.25) is 11.6 Å². The van der Waals surface area contributed by atoms with E-state index in [4.69, 9.17) is 0 Å². The van der Waals surface area contributed by atoms with E-state index < -0.39 is 0 Å². The van der Waals surface area contributed by atoms with Gasteiger partial charge in [0.25, 0.3) is 0 Å². The molecule has 172 valence electrons. The van der Waals surface area contributed by atoms with Gasteiger partial charge in [0.15, 0.2) is 0 Å². The molecule has 0 amide bonds. The van der Waals surface area contributed by atoms with Crippen molar-refractivity contribution in [3.8, 4) is 0 Å². The molecule has 0 aromatic carbocycles. The second-order valence-corrected chi connectivity index (χ2v) is 13.4. The van der Waals surface area contributed by atoms with Crippen LogP contribution in [0.2, 0.25) is 0 Å². The molecule has 5 aliphatic carbocycles. The fraction of sp³-hybridized carbons (Fsp3) is 0.679. The van der Waals surface area contributed by atoms with Gasteiger partial charge in [-0.25, -0.2) is 0 Å². The zero-order valence-corrected chi connectivity index (χ0v) is 21.8. The third-order valence-electron chi connectivity index (χ3n) is 10.8. The minimum Gasteiger partial charge on any atom is -0.299 e. The molecule has 0 N–H and O–H groups in total. The number of halogens is 1. The average Bonchev–Trinajstić information content (AvgIpc) is 2.72. The first-order valence-corrected chi connectivity index (χ1v) is 13.1. The maximum atomic E-state index is 12.7. The largest absolute Gasteiger partial charge is 0.299 e. The normalized spacial score (nSPS) is 50.3. The summed E-state index contributed by atoms with van der Waals surface area (Å²) < 4.78 is 0. The predicted molar refractivity (Wildman–Crippen MR) is 129 cm³/mol. The Morgan fingerprint density at radius 3 is 2.38 bits per heavy atom. The number of hydrogen-bond donors (Lipinski definition) is 0. The van der Waals surface area contributed by atoms with Crippen molar-refractivity contribution < 1.29 is 14.4 Å². The zero-order chi connectivity index (χ0) is 23.4. The molecule has 32 heavy (non-hydrogen) atoms. The molecule has 4 heteroatoms. The van der Waals surface area contributed by atoms with E-state index in [2.05, 4.69) is 62.7 Å². The second-order valence-electron chi connectivity index (χ2n) is 12.3. The van der Waals surface area contributed by atoms with Gasteiger partial charge in [0.1, 0.15) is 5.78 Å². The van der Waals surface area contributed by atoms with Gasteiger partial charge in [-0.1, -0.05) is 75.2 Å². The van der Waals surface area contributed by atoms with Gasteiger partial charge in [0, 0.05) is 28.5 Å². The lowest BCUT2D eigenvalue weighted by molar-refractivity contribution is -0.160. The lowest BCUT2D eigenvalue weighted by atomic mass is 9.35. The standard InChI is InChI=1S/C28H35BrO3/c1-15-11-22-25(3,13-20(15)31)9-10-26(4)21-8-7-17-16(2)24(32)19(30)12-18(17)28(21,6)23(29)14-27(22,26)5/h7-8,12,15-16,22-23H,9-11,13-14H2,1-6H3. The molecule has 3 fully saturated rings. The number of fused-ring (bicyclic) bond motifs is 7. The highest BCUT2D eigenvalue weighted by molar-refractivity contribution is 9.09. The Bertz CT molecular complexity index is 1050. The second kappa shape index (κ2) is 6.64. The number of Topliss-reactive ketones (excluding diaryl/α,β-unsaturated/α-hetero) is 2. The van der Waals surface area contributed by atoms with Gasteiger partial charge in [-0.05, 0) is 65.1 Å². The number of carbonyl (C=O) groups is 3. The van der Waals surface area contributed by atoms with E-state index in [1.165, 1.54) is 5.57 Å². The zero-order valence-electron chi connectivity index (χ0n) is 20.2. The predicted octanol–water partition coefficient (Wildman–Crippen LogP) is 6.17. The Balaban J connectivity index is 1.68. The van der Waals surface area contributed by atoms with Gasteiger partial charge in [-0.15, -0.1) is 0 Å². The van der Waals surface area contributed by atoms with Crippen molar-refractivity contribution in [1.29, 1.82) is 0 Å².